The van der Waals surface area contributed by atoms with Crippen LogP contribution in [0.25, 0.3) is 0 Å². The predicted molar refractivity (Wildman–Crippen MR) is 83.8 cm³/mol. The van der Waals surface area contributed by atoms with Crippen LogP contribution in [-0.4, -0.2) is 31.2 Å². The van der Waals surface area contributed by atoms with Crippen molar-refractivity contribution < 1.29 is 14.3 Å². The monoisotopic (exact) mass is 300 g/mol. The minimum atomic E-state index is -0.126. The zero-order chi connectivity index (χ0) is 15.6. The molecule has 1 N–H and O–H groups in total. The van der Waals surface area contributed by atoms with Crippen molar-refractivity contribution in [2.45, 2.75) is 13.0 Å². The highest BCUT2D eigenvalue weighted by atomic mass is 16.5. The molecule has 0 aliphatic rings. The number of benzene rings is 1. The Balaban J connectivity index is 1.81. The molecule has 22 heavy (non-hydrogen) atoms. The van der Waals surface area contributed by atoms with Gasteiger partial charge in [-0.25, -0.2) is 0 Å². The fourth-order valence-corrected chi connectivity index (χ4v) is 1.84. The van der Waals surface area contributed by atoms with Gasteiger partial charge < -0.3 is 14.8 Å². The zero-order valence-corrected chi connectivity index (χ0v) is 12.6. The van der Waals surface area contributed by atoms with Crippen molar-refractivity contribution in [1.82, 2.24) is 10.3 Å². The highest BCUT2D eigenvalue weighted by Crippen LogP contribution is 2.10. The molecule has 2 aromatic rings. The number of pyridine rings is 1. The molecule has 0 saturated carbocycles. The van der Waals surface area contributed by atoms with Crippen molar-refractivity contribution in [3.05, 3.63) is 59.9 Å². The van der Waals surface area contributed by atoms with E-state index in [1.54, 1.807) is 25.4 Å². The van der Waals surface area contributed by atoms with E-state index < -0.39 is 0 Å². The third-order valence-electron chi connectivity index (χ3n) is 3.03. The van der Waals surface area contributed by atoms with Gasteiger partial charge in [0.05, 0.1) is 11.3 Å². The van der Waals surface area contributed by atoms with Crippen molar-refractivity contribution in [3.8, 4) is 5.75 Å². The van der Waals surface area contributed by atoms with Crippen LogP contribution in [0.4, 0.5) is 0 Å². The summed E-state index contributed by atoms with van der Waals surface area (Å²) < 4.78 is 10.5. The molecule has 1 aromatic carbocycles. The van der Waals surface area contributed by atoms with Gasteiger partial charge in [-0.15, -0.1) is 0 Å². The molecule has 5 heteroatoms. The van der Waals surface area contributed by atoms with Crippen LogP contribution in [0.1, 0.15) is 22.5 Å². The smallest absolute Gasteiger partial charge is 0.252 e. The normalized spacial score (nSPS) is 10.2. The maximum Gasteiger partial charge on any atom is 0.252 e. The number of hydrogen-bond acceptors (Lipinski definition) is 4. The lowest BCUT2D eigenvalue weighted by Gasteiger charge is -2.07. The number of rotatable bonds is 8. The van der Waals surface area contributed by atoms with E-state index in [1.165, 1.54) is 0 Å². The van der Waals surface area contributed by atoms with Gasteiger partial charge in [-0.1, -0.05) is 18.2 Å². The van der Waals surface area contributed by atoms with Gasteiger partial charge in [0.25, 0.3) is 5.91 Å². The molecule has 0 atom stereocenters. The van der Waals surface area contributed by atoms with Gasteiger partial charge >= 0.3 is 0 Å². The first-order chi connectivity index (χ1) is 10.8. The second kappa shape index (κ2) is 8.79. The third-order valence-corrected chi connectivity index (χ3v) is 3.03. The average molecular weight is 300 g/mol. The lowest BCUT2D eigenvalue weighted by Crippen LogP contribution is -2.25. The summed E-state index contributed by atoms with van der Waals surface area (Å²) in [5.74, 6) is 0.670. The summed E-state index contributed by atoms with van der Waals surface area (Å²) in [5, 5.41) is 2.82. The largest absolute Gasteiger partial charge is 0.487 e. The number of para-hydroxylation sites is 1. The number of nitrogens with one attached hydrogen (secondary N) is 1. The van der Waals surface area contributed by atoms with Crippen molar-refractivity contribution in [2.75, 3.05) is 20.3 Å². The third kappa shape index (κ3) is 5.18. The van der Waals surface area contributed by atoms with Crippen LogP contribution < -0.4 is 10.1 Å². The predicted octanol–water partition coefficient (Wildman–Crippen LogP) is 2.43. The first-order valence-corrected chi connectivity index (χ1v) is 7.19. The second-order valence-electron chi connectivity index (χ2n) is 4.74. The van der Waals surface area contributed by atoms with Crippen LogP contribution in [0.2, 0.25) is 0 Å². The lowest BCUT2D eigenvalue weighted by atomic mass is 10.2. The maximum absolute atomic E-state index is 11.9. The van der Waals surface area contributed by atoms with Gasteiger partial charge in [0.1, 0.15) is 12.4 Å². The van der Waals surface area contributed by atoms with E-state index in [1.807, 2.05) is 30.3 Å². The SMILES string of the molecule is COCCCNC(=O)c1ccc(COc2ccccc2)nc1. The maximum atomic E-state index is 11.9. The summed E-state index contributed by atoms with van der Waals surface area (Å²) >= 11 is 0. The molecule has 0 fully saturated rings. The number of carbonyl (C=O) groups is 1. The van der Waals surface area contributed by atoms with Gasteiger partial charge in [0, 0.05) is 26.5 Å². The minimum Gasteiger partial charge on any atom is -0.487 e. The lowest BCUT2D eigenvalue weighted by molar-refractivity contribution is 0.0948. The standard InChI is InChI=1S/C17H20N2O3/c1-21-11-5-10-18-17(20)14-8-9-15(19-12-14)13-22-16-6-3-2-4-7-16/h2-4,6-9,12H,5,10-11,13H2,1H3,(H,18,20). The molecule has 1 heterocycles. The van der Waals surface area contributed by atoms with E-state index in [2.05, 4.69) is 10.3 Å². The van der Waals surface area contributed by atoms with Gasteiger partial charge in [-0.2, -0.15) is 0 Å². The number of nitrogens with zero attached hydrogens (tertiary/aromatic N) is 1. The van der Waals surface area contributed by atoms with Crippen LogP contribution in [0.15, 0.2) is 48.7 Å². The van der Waals surface area contributed by atoms with Crippen molar-refractivity contribution in [3.63, 3.8) is 0 Å². The summed E-state index contributed by atoms with van der Waals surface area (Å²) in [5.41, 5.74) is 1.32. The van der Waals surface area contributed by atoms with Gasteiger partial charge in [-0.3, -0.25) is 9.78 Å². The molecule has 0 spiro atoms. The highest BCUT2D eigenvalue weighted by Gasteiger charge is 2.05. The molecule has 0 aliphatic carbocycles. The number of hydrogen-bond donors (Lipinski definition) is 1. The molecule has 0 bridgehead atoms. The first kappa shape index (κ1) is 16.0. The zero-order valence-electron chi connectivity index (χ0n) is 12.6. The van der Waals surface area contributed by atoms with Crippen LogP contribution in [0, 0.1) is 0 Å². The number of ether oxygens (including phenoxy) is 2. The van der Waals surface area contributed by atoms with Crippen molar-refractivity contribution in [1.29, 1.82) is 0 Å². The molecule has 116 valence electrons. The molecule has 0 saturated heterocycles. The van der Waals surface area contributed by atoms with Crippen LogP contribution in [0.3, 0.4) is 0 Å². The first-order valence-electron chi connectivity index (χ1n) is 7.19. The Labute approximate surface area is 130 Å². The fraction of sp³-hybridized carbons (Fsp3) is 0.294. The topological polar surface area (TPSA) is 60.5 Å². The van der Waals surface area contributed by atoms with Crippen LogP contribution in [-0.2, 0) is 11.3 Å². The van der Waals surface area contributed by atoms with E-state index >= 15 is 0 Å². The summed E-state index contributed by atoms with van der Waals surface area (Å²) in [6.07, 6.45) is 2.36. The summed E-state index contributed by atoms with van der Waals surface area (Å²) in [4.78, 5) is 16.1. The molecule has 1 amide bonds. The molecular formula is C17H20N2O3. The van der Waals surface area contributed by atoms with Crippen molar-refractivity contribution >= 4 is 5.91 Å². The summed E-state index contributed by atoms with van der Waals surface area (Å²) in [6.45, 7) is 1.60. The van der Waals surface area contributed by atoms with E-state index in [4.69, 9.17) is 9.47 Å². The molecule has 5 nitrogen and oxygen atoms in total. The Morgan fingerprint density at radius 2 is 2.00 bits per heavy atom. The molecular weight excluding hydrogens is 280 g/mol. The number of aromatic nitrogens is 1. The fourth-order valence-electron chi connectivity index (χ4n) is 1.84. The molecule has 0 unspecified atom stereocenters. The van der Waals surface area contributed by atoms with Gasteiger partial charge in [-0.05, 0) is 30.7 Å². The van der Waals surface area contributed by atoms with E-state index in [9.17, 15) is 4.79 Å². The average Bonchev–Trinajstić information content (AvgIpc) is 2.58. The summed E-state index contributed by atoms with van der Waals surface area (Å²) in [7, 11) is 1.64. The van der Waals surface area contributed by atoms with E-state index in [-0.39, 0.29) is 5.91 Å². The Bertz CT molecular complexity index is 570. The summed E-state index contributed by atoms with van der Waals surface area (Å²) in [6, 6.07) is 13.1. The van der Waals surface area contributed by atoms with E-state index in [0.29, 0.717) is 25.3 Å². The van der Waals surface area contributed by atoms with Crippen LogP contribution >= 0.6 is 0 Å². The number of carbonyl (C=O) groups excluding carboxylic acids is 1. The minimum absolute atomic E-state index is 0.126. The molecule has 0 radical (unpaired) electrons. The van der Waals surface area contributed by atoms with Crippen molar-refractivity contribution in [2.24, 2.45) is 0 Å². The molecule has 1 aromatic heterocycles. The molecule has 2 rings (SSSR count). The Morgan fingerprint density at radius 3 is 2.68 bits per heavy atom. The Morgan fingerprint density at radius 1 is 1.18 bits per heavy atom. The highest BCUT2D eigenvalue weighted by molar-refractivity contribution is 5.93. The quantitative estimate of drug-likeness (QED) is 0.761. The van der Waals surface area contributed by atoms with Crippen LogP contribution in [0.5, 0.6) is 5.75 Å². The Kier molecular flexibility index (Phi) is 6.39. The second-order valence-corrected chi connectivity index (χ2v) is 4.74. The van der Waals surface area contributed by atoms with Gasteiger partial charge in [0.15, 0.2) is 0 Å². The Hall–Kier alpha value is -2.40. The number of amides is 1. The van der Waals surface area contributed by atoms with Gasteiger partial charge in [0.2, 0.25) is 0 Å². The van der Waals surface area contributed by atoms with E-state index in [0.717, 1.165) is 17.9 Å². The molecule has 0 aliphatic heterocycles. The number of methoxy groups -OCH3 is 1.